The fourth-order valence-electron chi connectivity index (χ4n) is 2.87. The second-order valence-electron chi connectivity index (χ2n) is 7.58. The lowest BCUT2D eigenvalue weighted by atomic mass is 10.1. The fraction of sp³-hybridized carbons (Fsp3) is 0.650. The van der Waals surface area contributed by atoms with Gasteiger partial charge in [0.15, 0.2) is 0 Å². The van der Waals surface area contributed by atoms with E-state index in [1.807, 2.05) is 12.1 Å². The number of benzene rings is 1. The normalized spacial score (nSPS) is 17.5. The Morgan fingerprint density at radius 3 is 2.12 bits per heavy atom. The lowest BCUT2D eigenvalue weighted by molar-refractivity contribution is -0.128. The summed E-state index contributed by atoms with van der Waals surface area (Å²) in [6.07, 6.45) is -0.0481. The Kier molecular flexibility index (Phi) is 8.31. The lowest BCUT2D eigenvalue weighted by Crippen LogP contribution is -2.31. The Hall–Kier alpha value is -1.85. The first kappa shape index (κ1) is 22.2. The van der Waals surface area contributed by atoms with Crippen LogP contribution in [0.25, 0.3) is 0 Å². The average molecular weight is 370 g/mol. The number of anilines is 2. The largest absolute Gasteiger partial charge is 0.468 e. The molecule has 1 aromatic carbocycles. The van der Waals surface area contributed by atoms with Crippen molar-refractivity contribution >= 4 is 17.8 Å². The maximum Gasteiger partial charge on any atom is 0.293 e. The van der Waals surface area contributed by atoms with Crippen molar-refractivity contribution in [1.29, 1.82) is 0 Å². The third-order valence-electron chi connectivity index (χ3n) is 4.03. The van der Waals surface area contributed by atoms with Crippen molar-refractivity contribution in [3.63, 3.8) is 0 Å². The zero-order valence-electron chi connectivity index (χ0n) is 16.5. The van der Waals surface area contributed by atoms with Gasteiger partial charge in [-0.15, -0.1) is 0 Å². The van der Waals surface area contributed by atoms with E-state index >= 15 is 0 Å². The Bertz CT molecular complexity index is 567. The third kappa shape index (κ3) is 6.81. The van der Waals surface area contributed by atoms with Crippen molar-refractivity contribution in [3.8, 4) is 0 Å². The van der Waals surface area contributed by atoms with Crippen LogP contribution in [0.1, 0.15) is 52.5 Å². The van der Waals surface area contributed by atoms with Crippen LogP contribution in [0.15, 0.2) is 18.2 Å². The molecule has 0 aromatic heterocycles. The van der Waals surface area contributed by atoms with Crippen molar-refractivity contribution in [2.45, 2.75) is 52.9 Å². The fourth-order valence-corrected chi connectivity index (χ4v) is 2.87. The zero-order valence-corrected chi connectivity index (χ0v) is 16.5. The van der Waals surface area contributed by atoms with E-state index in [0.717, 1.165) is 18.8 Å². The number of halogens is 2. The van der Waals surface area contributed by atoms with Crippen LogP contribution in [0, 0.1) is 11.8 Å². The molecular formula is C20H32F2N2O2. The van der Waals surface area contributed by atoms with Crippen LogP contribution in [0.3, 0.4) is 0 Å². The van der Waals surface area contributed by atoms with E-state index in [-0.39, 0.29) is 6.42 Å². The summed E-state index contributed by atoms with van der Waals surface area (Å²) in [6, 6.07) is 5.45. The van der Waals surface area contributed by atoms with Crippen molar-refractivity contribution < 1.29 is 18.3 Å². The van der Waals surface area contributed by atoms with Gasteiger partial charge in [0.1, 0.15) is 0 Å². The predicted octanol–water partition coefficient (Wildman–Crippen LogP) is 4.69. The van der Waals surface area contributed by atoms with Gasteiger partial charge in [-0.25, -0.2) is 8.78 Å². The van der Waals surface area contributed by atoms with Crippen LogP contribution in [-0.4, -0.2) is 32.1 Å². The van der Waals surface area contributed by atoms with Gasteiger partial charge in [0.2, 0.25) is 0 Å². The van der Waals surface area contributed by atoms with Crippen LogP contribution < -0.4 is 10.6 Å². The van der Waals surface area contributed by atoms with E-state index in [4.69, 9.17) is 5.73 Å². The predicted molar refractivity (Wildman–Crippen MR) is 103 cm³/mol. The molecule has 0 aliphatic heterocycles. The number of rotatable bonds is 8. The van der Waals surface area contributed by atoms with Crippen molar-refractivity contribution in [2.75, 3.05) is 30.3 Å². The van der Waals surface area contributed by atoms with Gasteiger partial charge in [-0.3, -0.25) is 4.79 Å². The molecule has 26 heavy (non-hydrogen) atoms. The van der Waals surface area contributed by atoms with E-state index < -0.39 is 11.8 Å². The second-order valence-corrected chi connectivity index (χ2v) is 7.58. The highest BCUT2D eigenvalue weighted by molar-refractivity contribution is 5.69. The molecule has 1 fully saturated rings. The molecule has 1 unspecified atom stereocenters. The molecule has 0 bridgehead atoms. The van der Waals surface area contributed by atoms with Gasteiger partial charge in [-0.1, -0.05) is 33.8 Å². The average Bonchev–Trinajstić information content (AvgIpc) is 3.16. The van der Waals surface area contributed by atoms with E-state index in [2.05, 4.69) is 37.3 Å². The van der Waals surface area contributed by atoms with Crippen LogP contribution in [0.2, 0.25) is 0 Å². The second kappa shape index (κ2) is 9.74. The van der Waals surface area contributed by atoms with Gasteiger partial charge < -0.3 is 15.4 Å². The minimum Gasteiger partial charge on any atom is -0.468 e. The van der Waals surface area contributed by atoms with Crippen LogP contribution >= 0.6 is 0 Å². The van der Waals surface area contributed by atoms with Gasteiger partial charge in [0, 0.05) is 19.5 Å². The first-order valence-corrected chi connectivity index (χ1v) is 9.19. The molecule has 0 saturated heterocycles. The molecule has 1 aliphatic rings. The van der Waals surface area contributed by atoms with Crippen molar-refractivity contribution in [3.05, 3.63) is 23.8 Å². The smallest absolute Gasteiger partial charge is 0.293 e. The minimum atomic E-state index is -2.54. The van der Waals surface area contributed by atoms with Gasteiger partial charge in [-0.05, 0) is 36.5 Å². The summed E-state index contributed by atoms with van der Waals surface area (Å²) in [5.74, 6) is -2.13. The summed E-state index contributed by atoms with van der Waals surface area (Å²) < 4.78 is 30.5. The first-order valence-electron chi connectivity index (χ1n) is 9.19. The summed E-state index contributed by atoms with van der Waals surface area (Å²) in [7, 11) is 0. The van der Waals surface area contributed by atoms with E-state index in [1.165, 1.54) is 0 Å². The molecule has 2 rings (SSSR count). The summed E-state index contributed by atoms with van der Waals surface area (Å²) >= 11 is 0. The number of alkyl halides is 2. The van der Waals surface area contributed by atoms with Crippen molar-refractivity contribution in [1.82, 2.24) is 0 Å². The topological polar surface area (TPSA) is 55.6 Å². The number of nitrogen functional groups attached to an aromatic ring is 1. The molecule has 6 heteroatoms. The summed E-state index contributed by atoms with van der Waals surface area (Å²) in [5, 5.41) is 0. The summed E-state index contributed by atoms with van der Waals surface area (Å²) in [5.41, 5.74) is 8.37. The number of carbonyl (C=O) groups excluding carboxylic acids is 1. The molecule has 0 heterocycles. The Morgan fingerprint density at radius 2 is 1.81 bits per heavy atom. The Balaban J connectivity index is 0.000000597. The quantitative estimate of drug-likeness (QED) is 0.533. The number of nitrogens with zero attached hydrogens (tertiary/aromatic N) is 1. The van der Waals surface area contributed by atoms with Gasteiger partial charge >= 0.3 is 0 Å². The maximum atomic E-state index is 13.2. The summed E-state index contributed by atoms with van der Waals surface area (Å²) in [6.45, 7) is 13.2. The highest BCUT2D eigenvalue weighted by Gasteiger charge is 2.57. The SMILES string of the molecule is CC(C)CN(CC(C)C)c1ccc(C2CC2(F)F)cc1N.CCOC=O. The van der Waals surface area contributed by atoms with Gasteiger partial charge in [0.25, 0.3) is 12.4 Å². The van der Waals surface area contributed by atoms with Crippen molar-refractivity contribution in [2.24, 2.45) is 11.8 Å². The summed E-state index contributed by atoms with van der Waals surface area (Å²) in [4.78, 5) is 11.4. The van der Waals surface area contributed by atoms with Gasteiger partial charge in [-0.2, -0.15) is 0 Å². The maximum absolute atomic E-state index is 13.2. The molecule has 0 amide bonds. The Labute approximate surface area is 155 Å². The van der Waals surface area contributed by atoms with E-state index in [0.29, 0.717) is 36.2 Å². The highest BCUT2D eigenvalue weighted by Crippen LogP contribution is 2.56. The highest BCUT2D eigenvalue weighted by atomic mass is 19.3. The molecule has 4 nitrogen and oxygen atoms in total. The Morgan fingerprint density at radius 1 is 1.27 bits per heavy atom. The number of carbonyl (C=O) groups is 1. The van der Waals surface area contributed by atoms with Gasteiger partial charge in [0.05, 0.1) is 23.9 Å². The lowest BCUT2D eigenvalue weighted by Gasteiger charge is -2.29. The molecule has 2 N–H and O–H groups in total. The van der Waals surface area contributed by atoms with E-state index in [9.17, 15) is 13.6 Å². The van der Waals surface area contributed by atoms with Crippen LogP contribution in [0.5, 0.6) is 0 Å². The third-order valence-corrected chi connectivity index (χ3v) is 4.03. The van der Waals surface area contributed by atoms with Crippen LogP contribution in [-0.2, 0) is 9.53 Å². The molecule has 1 atom stereocenters. The standard InChI is InChI=1S/C17H26F2N2.C3H6O2/c1-11(2)9-21(10-12(3)4)16-6-5-13(7-15(16)20)14-8-17(14,18)19;1-2-5-3-4/h5-7,11-12,14H,8-10,20H2,1-4H3;3H,2H2,1H3. The molecule has 1 aliphatic carbocycles. The van der Waals surface area contributed by atoms with Crippen LogP contribution in [0.4, 0.5) is 20.2 Å². The molecule has 1 aromatic rings. The minimum absolute atomic E-state index is 0.0481. The first-order chi connectivity index (χ1) is 12.1. The molecule has 148 valence electrons. The zero-order chi connectivity index (χ0) is 19.9. The molecule has 0 radical (unpaired) electrons. The molecule has 0 spiro atoms. The molecular weight excluding hydrogens is 338 g/mol. The number of hydrogen-bond acceptors (Lipinski definition) is 4. The molecule has 1 saturated carbocycles. The number of ether oxygens (including phenoxy) is 1. The van der Waals surface area contributed by atoms with E-state index in [1.54, 1.807) is 13.0 Å². The number of nitrogens with two attached hydrogens (primary N) is 1. The monoisotopic (exact) mass is 370 g/mol. The number of hydrogen-bond donors (Lipinski definition) is 1.